The van der Waals surface area contributed by atoms with Gasteiger partial charge in [-0.3, -0.25) is 14.9 Å². The van der Waals surface area contributed by atoms with Crippen LogP contribution in [0.2, 0.25) is 0 Å². The number of halogens is 1. The van der Waals surface area contributed by atoms with Gasteiger partial charge in [0.15, 0.2) is 5.58 Å². The number of carbonyl (C=O) groups excluding carboxylic acids is 1. The quantitative estimate of drug-likeness (QED) is 0.299. The number of piperidine rings is 1. The van der Waals surface area contributed by atoms with Crippen LogP contribution in [0, 0.1) is 15.9 Å². The summed E-state index contributed by atoms with van der Waals surface area (Å²) < 4.78 is 18.9. The predicted octanol–water partition coefficient (Wildman–Crippen LogP) is 5.78. The molecule has 3 aromatic carbocycles. The average molecular weight is 460 g/mol. The number of hydrogen-bond donors (Lipinski definition) is 1. The highest BCUT2D eigenvalue weighted by Crippen LogP contribution is 2.32. The zero-order valence-corrected chi connectivity index (χ0v) is 18.2. The van der Waals surface area contributed by atoms with Crippen LogP contribution in [-0.4, -0.2) is 28.9 Å². The van der Waals surface area contributed by atoms with Gasteiger partial charge in [-0.15, -0.1) is 0 Å². The first kappa shape index (κ1) is 21.6. The van der Waals surface area contributed by atoms with Crippen molar-refractivity contribution in [2.24, 2.45) is 0 Å². The van der Waals surface area contributed by atoms with Gasteiger partial charge >= 0.3 is 0 Å². The van der Waals surface area contributed by atoms with E-state index in [1.807, 2.05) is 4.90 Å². The maximum atomic E-state index is 13.2. The molecule has 2 heterocycles. The molecule has 1 aliphatic heterocycles. The number of oxazole rings is 1. The van der Waals surface area contributed by atoms with Gasteiger partial charge in [0, 0.05) is 36.0 Å². The highest BCUT2D eigenvalue weighted by molar-refractivity contribution is 6.05. The van der Waals surface area contributed by atoms with Crippen molar-refractivity contribution in [3.8, 4) is 11.5 Å². The van der Waals surface area contributed by atoms with Gasteiger partial charge in [0.1, 0.15) is 17.0 Å². The average Bonchev–Trinajstić information content (AvgIpc) is 3.28. The highest BCUT2D eigenvalue weighted by Gasteiger charge is 2.23. The number of anilines is 2. The molecule has 4 aromatic rings. The maximum Gasteiger partial charge on any atom is 0.293 e. The first-order valence-electron chi connectivity index (χ1n) is 11.0. The molecule has 5 rings (SSSR count). The van der Waals surface area contributed by atoms with Gasteiger partial charge in [-0.25, -0.2) is 9.37 Å². The normalized spacial score (nSPS) is 13.7. The molecule has 1 N–H and O–H groups in total. The third-order valence-electron chi connectivity index (χ3n) is 5.87. The van der Waals surface area contributed by atoms with E-state index in [2.05, 4.69) is 10.3 Å². The lowest BCUT2D eigenvalue weighted by atomic mass is 10.1. The van der Waals surface area contributed by atoms with Crippen molar-refractivity contribution in [1.29, 1.82) is 0 Å². The van der Waals surface area contributed by atoms with Crippen molar-refractivity contribution in [2.75, 3.05) is 23.3 Å². The SMILES string of the molecule is O=C(Nc1ccc2oc(-c3ccc(F)cc3)nc2c1)c1ccc(N2CCCCC2)c([N+](=O)[O-])c1. The van der Waals surface area contributed by atoms with Crippen LogP contribution >= 0.6 is 0 Å². The van der Waals surface area contributed by atoms with E-state index in [1.165, 1.54) is 18.2 Å². The van der Waals surface area contributed by atoms with Gasteiger partial charge in [0.25, 0.3) is 11.6 Å². The number of amides is 1. The Morgan fingerprint density at radius 1 is 1.03 bits per heavy atom. The van der Waals surface area contributed by atoms with Crippen molar-refractivity contribution in [3.05, 3.63) is 82.2 Å². The summed E-state index contributed by atoms with van der Waals surface area (Å²) >= 11 is 0. The van der Waals surface area contributed by atoms with Gasteiger partial charge in [-0.1, -0.05) is 0 Å². The maximum absolute atomic E-state index is 13.2. The Morgan fingerprint density at radius 3 is 2.53 bits per heavy atom. The Balaban J connectivity index is 1.38. The fourth-order valence-corrected chi connectivity index (χ4v) is 4.14. The summed E-state index contributed by atoms with van der Waals surface area (Å²) in [6.45, 7) is 1.54. The third kappa shape index (κ3) is 4.32. The molecule has 34 heavy (non-hydrogen) atoms. The molecule has 0 radical (unpaired) electrons. The number of nitro benzene ring substituents is 1. The van der Waals surface area contributed by atoms with E-state index in [4.69, 9.17) is 4.42 Å². The molecular formula is C25H21FN4O4. The number of nitrogens with zero attached hydrogens (tertiary/aromatic N) is 3. The Hall–Kier alpha value is -4.27. The molecule has 1 aliphatic rings. The second-order valence-electron chi connectivity index (χ2n) is 8.17. The predicted molar refractivity (Wildman–Crippen MR) is 127 cm³/mol. The molecule has 0 spiro atoms. The van der Waals surface area contributed by atoms with Crippen LogP contribution in [0.5, 0.6) is 0 Å². The minimum Gasteiger partial charge on any atom is -0.436 e. The minimum atomic E-state index is -0.463. The summed E-state index contributed by atoms with van der Waals surface area (Å²) in [6.07, 6.45) is 3.10. The number of fused-ring (bicyclic) bond motifs is 1. The van der Waals surface area contributed by atoms with Crippen LogP contribution in [0.1, 0.15) is 29.6 Å². The number of nitrogens with one attached hydrogen (secondary N) is 1. The number of nitro groups is 1. The number of aromatic nitrogens is 1. The number of benzene rings is 3. The number of carbonyl (C=O) groups is 1. The van der Waals surface area contributed by atoms with Crippen LogP contribution in [0.3, 0.4) is 0 Å². The molecule has 1 saturated heterocycles. The molecule has 0 atom stereocenters. The number of hydrogen-bond acceptors (Lipinski definition) is 6. The lowest BCUT2D eigenvalue weighted by Crippen LogP contribution is -2.30. The van der Waals surface area contributed by atoms with Gasteiger partial charge < -0.3 is 14.6 Å². The van der Waals surface area contributed by atoms with Crippen molar-refractivity contribution < 1.29 is 18.5 Å². The van der Waals surface area contributed by atoms with Crippen molar-refractivity contribution in [2.45, 2.75) is 19.3 Å². The number of rotatable bonds is 5. The van der Waals surface area contributed by atoms with E-state index < -0.39 is 10.8 Å². The fourth-order valence-electron chi connectivity index (χ4n) is 4.14. The Bertz CT molecular complexity index is 1380. The fraction of sp³-hybridized carbons (Fsp3) is 0.200. The lowest BCUT2D eigenvalue weighted by Gasteiger charge is -2.28. The highest BCUT2D eigenvalue weighted by atomic mass is 19.1. The minimum absolute atomic E-state index is 0.0783. The molecule has 1 fully saturated rings. The molecule has 1 amide bonds. The van der Waals surface area contributed by atoms with Gasteiger partial charge in [0.2, 0.25) is 5.89 Å². The van der Waals surface area contributed by atoms with E-state index in [0.29, 0.717) is 33.9 Å². The van der Waals surface area contributed by atoms with Crippen LogP contribution in [-0.2, 0) is 0 Å². The molecule has 0 bridgehead atoms. The van der Waals surface area contributed by atoms with Gasteiger partial charge in [-0.05, 0) is 73.9 Å². The smallest absolute Gasteiger partial charge is 0.293 e. The monoisotopic (exact) mass is 460 g/mol. The van der Waals surface area contributed by atoms with E-state index in [9.17, 15) is 19.3 Å². The molecule has 8 nitrogen and oxygen atoms in total. The second kappa shape index (κ2) is 8.93. The zero-order valence-electron chi connectivity index (χ0n) is 18.2. The first-order valence-corrected chi connectivity index (χ1v) is 11.0. The topological polar surface area (TPSA) is 102 Å². The van der Waals surface area contributed by atoms with Gasteiger partial charge in [0.05, 0.1) is 4.92 Å². The Kier molecular flexibility index (Phi) is 5.67. The molecule has 0 unspecified atom stereocenters. The van der Waals surface area contributed by atoms with Crippen LogP contribution in [0.25, 0.3) is 22.6 Å². The summed E-state index contributed by atoms with van der Waals surface area (Å²) in [5.41, 5.74) is 2.79. The van der Waals surface area contributed by atoms with E-state index in [1.54, 1.807) is 42.5 Å². The molecule has 9 heteroatoms. The Morgan fingerprint density at radius 2 is 1.79 bits per heavy atom. The summed E-state index contributed by atoms with van der Waals surface area (Å²) in [6, 6.07) is 15.4. The summed E-state index contributed by atoms with van der Waals surface area (Å²) in [5, 5.41) is 14.5. The van der Waals surface area contributed by atoms with Crippen molar-refractivity contribution in [3.63, 3.8) is 0 Å². The summed E-state index contributed by atoms with van der Waals surface area (Å²) in [7, 11) is 0. The standard InChI is InChI=1S/C25H21FN4O4/c26-18-7-4-16(5-8-18)25-28-20-15-19(9-11-23(20)34-25)27-24(31)17-6-10-21(22(14-17)30(32)33)29-12-2-1-3-13-29/h4-11,14-15H,1-3,12-13H2,(H,27,31). The molecular weight excluding hydrogens is 439 g/mol. The van der Waals surface area contributed by atoms with Crippen LogP contribution in [0.4, 0.5) is 21.5 Å². The lowest BCUT2D eigenvalue weighted by molar-refractivity contribution is -0.384. The molecule has 172 valence electrons. The largest absolute Gasteiger partial charge is 0.436 e. The first-order chi connectivity index (χ1) is 16.5. The van der Waals surface area contributed by atoms with Crippen molar-refractivity contribution in [1.82, 2.24) is 4.98 Å². The van der Waals surface area contributed by atoms with Crippen molar-refractivity contribution >= 4 is 34.1 Å². The molecule has 0 saturated carbocycles. The molecule has 0 aliphatic carbocycles. The van der Waals surface area contributed by atoms with E-state index in [0.717, 1.165) is 32.4 Å². The van der Waals surface area contributed by atoms with Gasteiger partial charge in [-0.2, -0.15) is 0 Å². The summed E-state index contributed by atoms with van der Waals surface area (Å²) in [5.74, 6) is -0.480. The molecule has 1 aromatic heterocycles. The zero-order chi connectivity index (χ0) is 23.7. The third-order valence-corrected chi connectivity index (χ3v) is 5.87. The second-order valence-corrected chi connectivity index (χ2v) is 8.17. The van der Waals surface area contributed by atoms with E-state index in [-0.39, 0.29) is 17.1 Å². The Labute approximate surface area is 194 Å². The van der Waals surface area contributed by atoms with E-state index >= 15 is 0 Å². The summed E-state index contributed by atoms with van der Waals surface area (Å²) in [4.78, 5) is 30.5. The van der Waals surface area contributed by atoms with Crippen LogP contribution < -0.4 is 10.2 Å². The van der Waals surface area contributed by atoms with Crippen LogP contribution in [0.15, 0.2) is 65.1 Å².